The topological polar surface area (TPSA) is 66.1 Å². The van der Waals surface area contributed by atoms with E-state index in [1.807, 2.05) is 0 Å². The number of nitrogens with zero attached hydrogens (tertiary/aromatic N) is 2. The van der Waals surface area contributed by atoms with Crippen molar-refractivity contribution in [2.45, 2.75) is 18.7 Å². The van der Waals surface area contributed by atoms with Gasteiger partial charge in [0.1, 0.15) is 0 Å². The molecule has 2 aromatic rings. The number of halogens is 1. The van der Waals surface area contributed by atoms with E-state index in [0.29, 0.717) is 30.1 Å². The van der Waals surface area contributed by atoms with Crippen molar-refractivity contribution in [2.75, 3.05) is 6.54 Å². The van der Waals surface area contributed by atoms with Gasteiger partial charge in [-0.25, -0.2) is 13.4 Å². The molecule has 0 aliphatic carbocycles. The van der Waals surface area contributed by atoms with Crippen LogP contribution in [0.25, 0.3) is 0 Å². The minimum absolute atomic E-state index is 0.0733. The molecular formula is C13H14ClN3O2S. The predicted molar refractivity (Wildman–Crippen MR) is 76.8 cm³/mol. The van der Waals surface area contributed by atoms with Gasteiger partial charge in [-0.1, -0.05) is 29.8 Å². The number of aromatic nitrogens is 2. The smallest absolute Gasteiger partial charge is 0.218 e. The van der Waals surface area contributed by atoms with Crippen molar-refractivity contribution in [3.8, 4) is 0 Å². The van der Waals surface area contributed by atoms with Crippen LogP contribution in [0.5, 0.6) is 0 Å². The Balaban J connectivity index is 1.82. The molecule has 1 aromatic heterocycles. The van der Waals surface area contributed by atoms with Crippen LogP contribution in [0, 0.1) is 0 Å². The second-order valence-corrected chi connectivity index (χ2v) is 7.14. The summed E-state index contributed by atoms with van der Waals surface area (Å²) in [5, 5.41) is 0.482. The fraction of sp³-hybridized carbons (Fsp3) is 0.308. The summed E-state index contributed by atoms with van der Waals surface area (Å²) in [5.41, 5.74) is 2.46. The maximum Gasteiger partial charge on any atom is 0.218 e. The summed E-state index contributed by atoms with van der Waals surface area (Å²) < 4.78 is 26.4. The molecule has 1 aliphatic rings. The lowest BCUT2D eigenvalue weighted by molar-refractivity contribution is 0.385. The first kappa shape index (κ1) is 13.6. The zero-order valence-corrected chi connectivity index (χ0v) is 12.3. The molecular weight excluding hydrogens is 298 g/mol. The Morgan fingerprint density at radius 3 is 2.95 bits per heavy atom. The number of sulfonamides is 1. The Labute approximate surface area is 122 Å². The summed E-state index contributed by atoms with van der Waals surface area (Å²) in [6, 6.07) is 7.03. The van der Waals surface area contributed by atoms with Crippen LogP contribution in [-0.2, 0) is 28.7 Å². The number of nitrogens with one attached hydrogen (secondary N) is 1. The van der Waals surface area contributed by atoms with Gasteiger partial charge in [-0.2, -0.15) is 4.31 Å². The van der Waals surface area contributed by atoms with Gasteiger partial charge in [0.15, 0.2) is 0 Å². The number of imidazole rings is 1. The summed E-state index contributed by atoms with van der Waals surface area (Å²) in [5.74, 6) is -0.0733. The van der Waals surface area contributed by atoms with Crippen molar-refractivity contribution in [2.24, 2.45) is 0 Å². The van der Waals surface area contributed by atoms with Crippen molar-refractivity contribution in [3.05, 3.63) is 52.6 Å². The normalized spacial score (nSPS) is 16.1. The van der Waals surface area contributed by atoms with Crippen molar-refractivity contribution in [1.82, 2.24) is 14.3 Å². The third-order valence-electron chi connectivity index (χ3n) is 3.43. The molecule has 0 saturated carbocycles. The molecule has 0 fully saturated rings. The lowest BCUT2D eigenvalue weighted by atomic mass is 10.2. The van der Waals surface area contributed by atoms with Crippen LogP contribution in [0.2, 0.25) is 5.02 Å². The Bertz CT molecular complexity index is 727. The molecule has 3 rings (SSSR count). The maximum atomic E-state index is 12.5. The number of aromatic amines is 1. The molecule has 20 heavy (non-hydrogen) atoms. The highest BCUT2D eigenvalue weighted by Gasteiger charge is 2.28. The summed E-state index contributed by atoms with van der Waals surface area (Å²) in [6.45, 7) is 0.812. The molecule has 0 saturated heterocycles. The van der Waals surface area contributed by atoms with Gasteiger partial charge >= 0.3 is 0 Å². The van der Waals surface area contributed by atoms with Gasteiger partial charge in [-0.3, -0.25) is 0 Å². The highest BCUT2D eigenvalue weighted by Crippen LogP contribution is 2.23. The van der Waals surface area contributed by atoms with Crippen LogP contribution in [0.15, 0.2) is 30.6 Å². The van der Waals surface area contributed by atoms with Crippen LogP contribution >= 0.6 is 11.6 Å². The molecule has 1 N–H and O–H groups in total. The van der Waals surface area contributed by atoms with Crippen LogP contribution in [0.4, 0.5) is 0 Å². The molecule has 0 amide bonds. The van der Waals surface area contributed by atoms with Gasteiger partial charge in [-0.15, -0.1) is 0 Å². The monoisotopic (exact) mass is 311 g/mol. The van der Waals surface area contributed by atoms with E-state index >= 15 is 0 Å². The third kappa shape index (κ3) is 2.59. The van der Waals surface area contributed by atoms with E-state index in [1.165, 1.54) is 4.31 Å². The van der Waals surface area contributed by atoms with Crippen LogP contribution in [0.3, 0.4) is 0 Å². The molecule has 2 heterocycles. The molecule has 0 unspecified atom stereocenters. The Hall–Kier alpha value is -1.37. The first-order valence-corrected chi connectivity index (χ1v) is 8.27. The number of H-pyrrole nitrogens is 1. The van der Waals surface area contributed by atoms with Crippen LogP contribution in [0.1, 0.15) is 17.0 Å². The largest absolute Gasteiger partial charge is 0.347 e. The van der Waals surface area contributed by atoms with Crippen molar-refractivity contribution < 1.29 is 8.42 Å². The number of rotatable bonds is 3. The Morgan fingerprint density at radius 2 is 2.15 bits per heavy atom. The number of fused-ring (bicyclic) bond motifs is 1. The average molecular weight is 312 g/mol. The zero-order valence-electron chi connectivity index (χ0n) is 10.7. The van der Waals surface area contributed by atoms with Crippen molar-refractivity contribution in [1.29, 1.82) is 0 Å². The molecule has 0 radical (unpaired) electrons. The van der Waals surface area contributed by atoms with Crippen molar-refractivity contribution in [3.63, 3.8) is 0 Å². The van der Waals surface area contributed by atoms with Crippen LogP contribution in [-0.4, -0.2) is 29.2 Å². The Morgan fingerprint density at radius 1 is 1.35 bits per heavy atom. The fourth-order valence-electron chi connectivity index (χ4n) is 2.33. The number of hydrogen-bond acceptors (Lipinski definition) is 3. The van der Waals surface area contributed by atoms with E-state index in [9.17, 15) is 8.42 Å². The summed E-state index contributed by atoms with van der Waals surface area (Å²) in [4.78, 5) is 7.16. The maximum absolute atomic E-state index is 12.5. The molecule has 0 spiro atoms. The van der Waals surface area contributed by atoms with Gasteiger partial charge in [0.2, 0.25) is 10.0 Å². The van der Waals surface area contributed by atoms with E-state index in [-0.39, 0.29) is 5.75 Å². The van der Waals surface area contributed by atoms with Gasteiger partial charge in [0.25, 0.3) is 0 Å². The van der Waals surface area contributed by atoms with E-state index in [4.69, 9.17) is 11.6 Å². The Kier molecular flexibility index (Phi) is 3.54. The molecule has 0 atom stereocenters. The van der Waals surface area contributed by atoms with E-state index in [0.717, 1.165) is 11.4 Å². The standard InChI is InChI=1S/C13H14ClN3O2S/c14-11-4-2-1-3-10(11)8-20(18,19)17-6-5-12-13(7-17)16-9-15-12/h1-4,9H,5-8H2,(H,15,16). The quantitative estimate of drug-likeness (QED) is 0.942. The van der Waals surface area contributed by atoms with E-state index in [1.54, 1.807) is 30.6 Å². The highest BCUT2D eigenvalue weighted by atomic mass is 35.5. The third-order valence-corrected chi connectivity index (χ3v) is 5.57. The first-order chi connectivity index (χ1) is 9.56. The highest BCUT2D eigenvalue weighted by molar-refractivity contribution is 7.88. The predicted octanol–water partition coefficient (Wildman–Crippen LogP) is 1.95. The van der Waals surface area contributed by atoms with Crippen LogP contribution < -0.4 is 0 Å². The van der Waals surface area contributed by atoms with E-state index in [2.05, 4.69) is 9.97 Å². The first-order valence-electron chi connectivity index (χ1n) is 6.28. The second-order valence-electron chi connectivity index (χ2n) is 4.76. The average Bonchev–Trinajstić information content (AvgIpc) is 2.88. The summed E-state index contributed by atoms with van der Waals surface area (Å²) >= 11 is 6.03. The molecule has 106 valence electrons. The molecule has 5 nitrogen and oxygen atoms in total. The van der Waals surface area contributed by atoms with Gasteiger partial charge < -0.3 is 4.98 Å². The number of benzene rings is 1. The van der Waals surface area contributed by atoms with E-state index < -0.39 is 10.0 Å². The molecule has 1 aromatic carbocycles. The molecule has 7 heteroatoms. The second kappa shape index (κ2) is 5.20. The lowest BCUT2D eigenvalue weighted by Crippen LogP contribution is -2.36. The SMILES string of the molecule is O=S(=O)(Cc1ccccc1Cl)N1CCc2nc[nH]c2C1. The van der Waals surface area contributed by atoms with Gasteiger partial charge in [-0.05, 0) is 11.6 Å². The van der Waals surface area contributed by atoms with Crippen molar-refractivity contribution >= 4 is 21.6 Å². The summed E-state index contributed by atoms with van der Waals surface area (Å²) in [6.07, 6.45) is 2.25. The summed E-state index contributed by atoms with van der Waals surface area (Å²) in [7, 11) is -3.38. The minimum atomic E-state index is -3.38. The zero-order chi connectivity index (χ0) is 14.2. The molecule has 0 bridgehead atoms. The van der Waals surface area contributed by atoms with Gasteiger partial charge in [0.05, 0.1) is 30.0 Å². The lowest BCUT2D eigenvalue weighted by Gasteiger charge is -2.25. The van der Waals surface area contributed by atoms with Gasteiger partial charge in [0, 0.05) is 18.0 Å². The minimum Gasteiger partial charge on any atom is -0.347 e. The number of hydrogen-bond donors (Lipinski definition) is 1. The fourth-order valence-corrected chi connectivity index (χ4v) is 4.13. The molecule has 1 aliphatic heterocycles.